The number of hydrogen-bond donors (Lipinski definition) is 0. The van der Waals surface area contributed by atoms with E-state index in [0.29, 0.717) is 11.8 Å². The molecule has 0 bridgehead atoms. The molecule has 2 aromatic rings. The third-order valence-corrected chi connectivity index (χ3v) is 5.88. The number of aromatic nitrogens is 5. The zero-order chi connectivity index (χ0) is 17.5. The number of carbonyl (C=O) groups excluding carboxylic acids is 1. The standard InChI is InChI=1S/C16H21N5O2S2/c1-23-14(22)11-25-16-20-19-13(10-24-15-17-8-5-9-18-15)21(16)12-6-3-2-4-7-12/h5,8-9,12H,2-4,6-7,10-11H2,1H3. The van der Waals surface area contributed by atoms with E-state index in [9.17, 15) is 4.79 Å². The maximum absolute atomic E-state index is 11.5. The Morgan fingerprint density at radius 1 is 1.20 bits per heavy atom. The quantitative estimate of drug-likeness (QED) is 0.412. The molecule has 0 saturated heterocycles. The lowest BCUT2D eigenvalue weighted by molar-refractivity contribution is -0.137. The molecule has 0 aromatic carbocycles. The maximum Gasteiger partial charge on any atom is 0.316 e. The molecule has 25 heavy (non-hydrogen) atoms. The van der Waals surface area contributed by atoms with Crippen molar-refractivity contribution in [3.05, 3.63) is 24.3 Å². The van der Waals surface area contributed by atoms with Gasteiger partial charge >= 0.3 is 5.97 Å². The number of ether oxygens (including phenoxy) is 1. The summed E-state index contributed by atoms with van der Waals surface area (Å²) >= 11 is 2.94. The van der Waals surface area contributed by atoms with Crippen LogP contribution in [0.25, 0.3) is 0 Å². The fourth-order valence-electron chi connectivity index (χ4n) is 2.88. The molecular formula is C16H21N5O2S2. The number of esters is 1. The zero-order valence-electron chi connectivity index (χ0n) is 14.1. The van der Waals surface area contributed by atoms with Gasteiger partial charge in [0.15, 0.2) is 10.3 Å². The van der Waals surface area contributed by atoms with E-state index < -0.39 is 0 Å². The topological polar surface area (TPSA) is 82.8 Å². The van der Waals surface area contributed by atoms with Crippen LogP contribution in [0.15, 0.2) is 28.8 Å². The average Bonchev–Trinajstić information content (AvgIpc) is 3.08. The zero-order valence-corrected chi connectivity index (χ0v) is 15.8. The lowest BCUT2D eigenvalue weighted by Crippen LogP contribution is -2.17. The first-order valence-electron chi connectivity index (χ1n) is 8.31. The van der Waals surface area contributed by atoms with Crippen molar-refractivity contribution in [3.63, 3.8) is 0 Å². The van der Waals surface area contributed by atoms with Crippen molar-refractivity contribution in [2.24, 2.45) is 0 Å². The number of methoxy groups -OCH3 is 1. The van der Waals surface area contributed by atoms with Gasteiger partial charge in [-0.1, -0.05) is 42.8 Å². The first-order valence-corrected chi connectivity index (χ1v) is 10.3. The summed E-state index contributed by atoms with van der Waals surface area (Å²) < 4.78 is 6.94. The van der Waals surface area contributed by atoms with Gasteiger partial charge in [0, 0.05) is 18.4 Å². The molecule has 7 nitrogen and oxygen atoms in total. The first kappa shape index (κ1) is 18.2. The molecule has 1 aliphatic carbocycles. The van der Waals surface area contributed by atoms with E-state index in [4.69, 9.17) is 4.74 Å². The highest BCUT2D eigenvalue weighted by atomic mass is 32.2. The van der Waals surface area contributed by atoms with Gasteiger partial charge in [0.2, 0.25) is 0 Å². The Bertz CT molecular complexity index is 689. The fraction of sp³-hybridized carbons (Fsp3) is 0.562. The highest BCUT2D eigenvalue weighted by Crippen LogP contribution is 2.34. The number of carbonyl (C=O) groups is 1. The molecule has 0 N–H and O–H groups in total. The van der Waals surface area contributed by atoms with Crippen molar-refractivity contribution < 1.29 is 9.53 Å². The van der Waals surface area contributed by atoms with E-state index in [2.05, 4.69) is 24.7 Å². The van der Waals surface area contributed by atoms with E-state index >= 15 is 0 Å². The Morgan fingerprint density at radius 3 is 2.68 bits per heavy atom. The summed E-state index contributed by atoms with van der Waals surface area (Å²) in [6, 6.07) is 2.20. The monoisotopic (exact) mass is 379 g/mol. The lowest BCUT2D eigenvalue weighted by Gasteiger charge is -2.25. The summed E-state index contributed by atoms with van der Waals surface area (Å²) in [6.45, 7) is 0. The van der Waals surface area contributed by atoms with Crippen LogP contribution in [0, 0.1) is 0 Å². The van der Waals surface area contributed by atoms with Crippen molar-refractivity contribution in [1.29, 1.82) is 0 Å². The Hall–Kier alpha value is -1.61. The molecule has 0 spiro atoms. The van der Waals surface area contributed by atoms with Gasteiger partial charge in [0.05, 0.1) is 18.6 Å². The van der Waals surface area contributed by atoms with E-state index in [-0.39, 0.29) is 11.7 Å². The predicted octanol–water partition coefficient (Wildman–Crippen LogP) is 3.13. The summed E-state index contributed by atoms with van der Waals surface area (Å²) in [4.78, 5) is 20.0. The minimum atomic E-state index is -0.253. The molecule has 0 aliphatic heterocycles. The van der Waals surface area contributed by atoms with Crippen LogP contribution in [0.2, 0.25) is 0 Å². The Labute approximate surface area is 155 Å². The minimum absolute atomic E-state index is 0.246. The van der Waals surface area contributed by atoms with Gasteiger partial charge in [0.25, 0.3) is 0 Å². The Morgan fingerprint density at radius 2 is 1.96 bits per heavy atom. The molecule has 0 atom stereocenters. The van der Waals surface area contributed by atoms with Crippen molar-refractivity contribution in [2.45, 2.75) is 54.2 Å². The summed E-state index contributed by atoms with van der Waals surface area (Å²) in [5.41, 5.74) is 0. The van der Waals surface area contributed by atoms with Gasteiger partial charge in [0.1, 0.15) is 5.82 Å². The molecule has 3 rings (SSSR count). The largest absolute Gasteiger partial charge is 0.468 e. The van der Waals surface area contributed by atoms with E-state index in [1.54, 1.807) is 30.2 Å². The average molecular weight is 380 g/mol. The van der Waals surface area contributed by atoms with Gasteiger partial charge in [-0.2, -0.15) is 0 Å². The van der Waals surface area contributed by atoms with Crippen LogP contribution < -0.4 is 0 Å². The molecule has 2 heterocycles. The van der Waals surface area contributed by atoms with Gasteiger partial charge in [-0.25, -0.2) is 9.97 Å². The first-order chi connectivity index (χ1) is 12.3. The predicted molar refractivity (Wildman–Crippen MR) is 96.5 cm³/mol. The van der Waals surface area contributed by atoms with Crippen LogP contribution in [0.4, 0.5) is 0 Å². The highest BCUT2D eigenvalue weighted by molar-refractivity contribution is 7.99. The molecule has 134 valence electrons. The molecule has 1 fully saturated rings. The molecular weight excluding hydrogens is 358 g/mol. The SMILES string of the molecule is COC(=O)CSc1nnc(CSc2ncccn2)n1C1CCCCC1. The molecule has 0 radical (unpaired) electrons. The third kappa shape index (κ3) is 4.94. The molecule has 1 saturated carbocycles. The van der Waals surface area contributed by atoms with E-state index in [1.807, 2.05) is 0 Å². The number of nitrogens with zero attached hydrogens (tertiary/aromatic N) is 5. The number of thioether (sulfide) groups is 2. The summed E-state index contributed by atoms with van der Waals surface area (Å²) in [6.07, 6.45) is 9.45. The minimum Gasteiger partial charge on any atom is -0.468 e. The molecule has 1 aliphatic rings. The molecule has 2 aromatic heterocycles. The second-order valence-corrected chi connectivity index (χ2v) is 7.63. The van der Waals surface area contributed by atoms with Crippen molar-refractivity contribution in [2.75, 3.05) is 12.9 Å². The second-order valence-electron chi connectivity index (χ2n) is 5.75. The van der Waals surface area contributed by atoms with Crippen LogP contribution in [-0.2, 0) is 15.3 Å². The van der Waals surface area contributed by atoms with E-state index in [1.165, 1.54) is 38.1 Å². The molecule has 0 unspecified atom stereocenters. The lowest BCUT2D eigenvalue weighted by atomic mass is 9.95. The van der Waals surface area contributed by atoms with Crippen LogP contribution in [-0.4, -0.2) is 43.6 Å². The van der Waals surface area contributed by atoms with Crippen LogP contribution in [0.3, 0.4) is 0 Å². The number of hydrogen-bond acceptors (Lipinski definition) is 8. The Balaban J connectivity index is 1.76. The smallest absolute Gasteiger partial charge is 0.316 e. The van der Waals surface area contributed by atoms with E-state index in [0.717, 1.165) is 29.0 Å². The molecule has 0 amide bonds. The van der Waals surface area contributed by atoms with Crippen LogP contribution in [0.1, 0.15) is 44.0 Å². The fourth-order valence-corrected chi connectivity index (χ4v) is 4.46. The molecule has 9 heteroatoms. The van der Waals surface area contributed by atoms with Crippen molar-refractivity contribution >= 4 is 29.5 Å². The third-order valence-electron chi connectivity index (χ3n) is 4.09. The summed E-state index contributed by atoms with van der Waals surface area (Å²) in [5.74, 6) is 1.57. The maximum atomic E-state index is 11.5. The van der Waals surface area contributed by atoms with Crippen molar-refractivity contribution in [3.8, 4) is 0 Å². The highest BCUT2D eigenvalue weighted by Gasteiger charge is 2.23. The Kier molecular flexibility index (Phi) is 6.69. The van der Waals surface area contributed by atoms with Gasteiger partial charge < -0.3 is 9.30 Å². The van der Waals surface area contributed by atoms with Gasteiger partial charge in [-0.15, -0.1) is 10.2 Å². The number of rotatable bonds is 7. The van der Waals surface area contributed by atoms with Crippen LogP contribution >= 0.6 is 23.5 Å². The second kappa shape index (κ2) is 9.19. The summed E-state index contributed by atoms with van der Waals surface area (Å²) in [5, 5.41) is 10.2. The van der Waals surface area contributed by atoms with Crippen LogP contribution in [0.5, 0.6) is 0 Å². The summed E-state index contributed by atoms with van der Waals surface area (Å²) in [7, 11) is 1.40. The van der Waals surface area contributed by atoms with Crippen molar-refractivity contribution in [1.82, 2.24) is 24.7 Å². The van der Waals surface area contributed by atoms with Gasteiger partial charge in [-0.05, 0) is 18.9 Å². The normalized spacial score (nSPS) is 15.2. The van der Waals surface area contributed by atoms with Gasteiger partial charge in [-0.3, -0.25) is 4.79 Å².